The zero-order valence-corrected chi connectivity index (χ0v) is 11.3. The monoisotopic (exact) mass is 264 g/mol. The van der Waals surface area contributed by atoms with Crippen molar-refractivity contribution in [1.82, 2.24) is 4.90 Å². The minimum Gasteiger partial charge on any atom is -0.395 e. The van der Waals surface area contributed by atoms with Gasteiger partial charge in [0.15, 0.2) is 5.78 Å². The molecule has 5 heteroatoms. The molecule has 0 spiro atoms. The molecule has 2 N–H and O–H groups in total. The Kier molecular flexibility index (Phi) is 6.18. The number of carbonyl (C=O) groups excluding carboxylic acids is 2. The first-order valence-electron chi connectivity index (χ1n) is 6.31. The summed E-state index contributed by atoms with van der Waals surface area (Å²) in [7, 11) is 0. The SMILES string of the molecule is CCN(CCO)CC(=O)Nc1ccccc1C(C)=O. The van der Waals surface area contributed by atoms with Crippen LogP contribution in [0.15, 0.2) is 24.3 Å². The molecule has 0 radical (unpaired) electrons. The van der Waals surface area contributed by atoms with E-state index < -0.39 is 0 Å². The summed E-state index contributed by atoms with van der Waals surface area (Å²) in [5.41, 5.74) is 1.03. The summed E-state index contributed by atoms with van der Waals surface area (Å²) in [6, 6.07) is 6.92. The number of amides is 1. The lowest BCUT2D eigenvalue weighted by atomic mass is 10.1. The highest BCUT2D eigenvalue weighted by atomic mass is 16.3. The van der Waals surface area contributed by atoms with Gasteiger partial charge in [0.1, 0.15) is 0 Å². The van der Waals surface area contributed by atoms with Crippen molar-refractivity contribution in [1.29, 1.82) is 0 Å². The maximum absolute atomic E-state index is 11.9. The van der Waals surface area contributed by atoms with Crippen LogP contribution in [0.25, 0.3) is 0 Å². The minimum atomic E-state index is -0.191. The molecule has 104 valence electrons. The number of nitrogens with one attached hydrogen (secondary N) is 1. The second-order valence-electron chi connectivity index (χ2n) is 4.24. The summed E-state index contributed by atoms with van der Waals surface area (Å²) in [6.07, 6.45) is 0. The second kappa shape index (κ2) is 7.66. The Hall–Kier alpha value is -1.72. The third kappa shape index (κ3) is 4.81. The first-order chi connectivity index (χ1) is 9.08. The molecule has 0 fully saturated rings. The lowest BCUT2D eigenvalue weighted by molar-refractivity contribution is -0.117. The van der Waals surface area contributed by atoms with E-state index >= 15 is 0 Å². The molecule has 0 bridgehead atoms. The zero-order chi connectivity index (χ0) is 14.3. The average molecular weight is 264 g/mol. The average Bonchev–Trinajstić information content (AvgIpc) is 2.38. The van der Waals surface area contributed by atoms with E-state index in [2.05, 4.69) is 5.32 Å². The van der Waals surface area contributed by atoms with Gasteiger partial charge in [-0.15, -0.1) is 0 Å². The number of hydrogen-bond acceptors (Lipinski definition) is 4. The molecule has 1 aromatic rings. The van der Waals surface area contributed by atoms with E-state index in [-0.39, 0.29) is 24.8 Å². The molecule has 0 saturated carbocycles. The molecule has 0 unspecified atom stereocenters. The molecular formula is C14H20N2O3. The predicted octanol–water partition coefficient (Wildman–Crippen LogP) is 1.14. The van der Waals surface area contributed by atoms with Crippen LogP contribution in [-0.2, 0) is 4.79 Å². The van der Waals surface area contributed by atoms with Gasteiger partial charge in [0.05, 0.1) is 18.8 Å². The first kappa shape index (κ1) is 15.3. The zero-order valence-electron chi connectivity index (χ0n) is 11.3. The predicted molar refractivity (Wildman–Crippen MR) is 74.3 cm³/mol. The van der Waals surface area contributed by atoms with Gasteiger partial charge in [-0.05, 0) is 25.6 Å². The van der Waals surface area contributed by atoms with Crippen molar-refractivity contribution >= 4 is 17.4 Å². The van der Waals surface area contributed by atoms with Gasteiger partial charge in [-0.25, -0.2) is 0 Å². The summed E-state index contributed by atoms with van der Waals surface area (Å²) in [5.74, 6) is -0.275. The Morgan fingerprint density at radius 1 is 1.32 bits per heavy atom. The topological polar surface area (TPSA) is 69.6 Å². The summed E-state index contributed by atoms with van der Waals surface area (Å²) < 4.78 is 0. The molecule has 5 nitrogen and oxygen atoms in total. The number of anilines is 1. The highest BCUT2D eigenvalue weighted by molar-refractivity contribution is 6.04. The Labute approximate surface area is 113 Å². The molecular weight excluding hydrogens is 244 g/mol. The van der Waals surface area contributed by atoms with Gasteiger partial charge in [-0.1, -0.05) is 19.1 Å². The third-order valence-electron chi connectivity index (χ3n) is 2.81. The number of likely N-dealkylation sites (N-methyl/N-ethyl adjacent to an activating group) is 1. The summed E-state index contributed by atoms with van der Waals surface area (Å²) in [5, 5.41) is 11.6. The minimum absolute atomic E-state index is 0.0190. The Morgan fingerprint density at radius 2 is 2.00 bits per heavy atom. The maximum Gasteiger partial charge on any atom is 0.238 e. The molecule has 0 aromatic heterocycles. The summed E-state index contributed by atoms with van der Waals surface area (Å²) >= 11 is 0. The van der Waals surface area contributed by atoms with Crippen molar-refractivity contribution in [3.05, 3.63) is 29.8 Å². The summed E-state index contributed by atoms with van der Waals surface area (Å²) in [6.45, 7) is 4.75. The maximum atomic E-state index is 11.9. The van der Waals surface area contributed by atoms with Crippen LogP contribution in [0, 0.1) is 0 Å². The van der Waals surface area contributed by atoms with Crippen LogP contribution in [0.3, 0.4) is 0 Å². The van der Waals surface area contributed by atoms with E-state index in [4.69, 9.17) is 5.11 Å². The quantitative estimate of drug-likeness (QED) is 0.725. The van der Waals surface area contributed by atoms with E-state index in [0.29, 0.717) is 24.3 Å². The molecule has 19 heavy (non-hydrogen) atoms. The number of carbonyl (C=O) groups is 2. The molecule has 0 aliphatic rings. The fourth-order valence-corrected chi connectivity index (χ4v) is 1.78. The molecule has 1 aromatic carbocycles. The van der Waals surface area contributed by atoms with Crippen LogP contribution in [0.1, 0.15) is 24.2 Å². The number of Topliss-reactive ketones (excluding diaryl/α,β-unsaturated/α-hetero) is 1. The Bertz CT molecular complexity index is 446. The highest BCUT2D eigenvalue weighted by Crippen LogP contribution is 2.15. The fourth-order valence-electron chi connectivity index (χ4n) is 1.78. The van der Waals surface area contributed by atoms with Gasteiger partial charge in [0.25, 0.3) is 0 Å². The van der Waals surface area contributed by atoms with Crippen LogP contribution in [0.4, 0.5) is 5.69 Å². The van der Waals surface area contributed by atoms with Gasteiger partial charge in [-0.2, -0.15) is 0 Å². The third-order valence-corrected chi connectivity index (χ3v) is 2.81. The van der Waals surface area contributed by atoms with Crippen molar-refractivity contribution in [2.24, 2.45) is 0 Å². The number of ketones is 1. The fraction of sp³-hybridized carbons (Fsp3) is 0.429. The van der Waals surface area contributed by atoms with Crippen molar-refractivity contribution < 1.29 is 14.7 Å². The number of benzene rings is 1. The molecule has 0 atom stereocenters. The van der Waals surface area contributed by atoms with Crippen molar-refractivity contribution in [2.75, 3.05) is 31.6 Å². The summed E-state index contributed by atoms with van der Waals surface area (Å²) in [4.78, 5) is 25.1. The number of aliphatic hydroxyl groups is 1. The van der Waals surface area contributed by atoms with Crippen LogP contribution in [0.5, 0.6) is 0 Å². The molecule has 1 rings (SSSR count). The van der Waals surface area contributed by atoms with Gasteiger partial charge in [0.2, 0.25) is 5.91 Å². The largest absolute Gasteiger partial charge is 0.395 e. The molecule has 1 amide bonds. The van der Waals surface area contributed by atoms with Crippen LogP contribution < -0.4 is 5.32 Å². The number of rotatable bonds is 7. The molecule has 0 saturated heterocycles. The number of nitrogens with zero attached hydrogens (tertiary/aromatic N) is 1. The second-order valence-corrected chi connectivity index (χ2v) is 4.24. The number of hydrogen-bond donors (Lipinski definition) is 2. The van der Waals surface area contributed by atoms with E-state index in [9.17, 15) is 9.59 Å². The van der Waals surface area contributed by atoms with E-state index in [0.717, 1.165) is 0 Å². The van der Waals surface area contributed by atoms with E-state index in [1.807, 2.05) is 11.8 Å². The number of para-hydroxylation sites is 1. The van der Waals surface area contributed by atoms with Gasteiger partial charge in [0, 0.05) is 12.1 Å². The highest BCUT2D eigenvalue weighted by Gasteiger charge is 2.12. The van der Waals surface area contributed by atoms with Crippen molar-refractivity contribution in [3.8, 4) is 0 Å². The lowest BCUT2D eigenvalue weighted by Gasteiger charge is -2.18. The van der Waals surface area contributed by atoms with Gasteiger partial charge >= 0.3 is 0 Å². The van der Waals surface area contributed by atoms with Gasteiger partial charge < -0.3 is 10.4 Å². The Balaban J connectivity index is 2.69. The van der Waals surface area contributed by atoms with Crippen molar-refractivity contribution in [2.45, 2.75) is 13.8 Å². The Morgan fingerprint density at radius 3 is 2.58 bits per heavy atom. The van der Waals surface area contributed by atoms with E-state index in [1.165, 1.54) is 6.92 Å². The van der Waals surface area contributed by atoms with Gasteiger partial charge in [-0.3, -0.25) is 14.5 Å². The van der Waals surface area contributed by atoms with Crippen LogP contribution in [-0.4, -0.2) is 47.9 Å². The number of aliphatic hydroxyl groups excluding tert-OH is 1. The first-order valence-corrected chi connectivity index (χ1v) is 6.31. The molecule has 0 aliphatic carbocycles. The van der Waals surface area contributed by atoms with Crippen LogP contribution in [0.2, 0.25) is 0 Å². The van der Waals surface area contributed by atoms with Crippen molar-refractivity contribution in [3.63, 3.8) is 0 Å². The smallest absolute Gasteiger partial charge is 0.238 e. The van der Waals surface area contributed by atoms with E-state index in [1.54, 1.807) is 24.3 Å². The molecule has 0 aliphatic heterocycles. The molecule has 0 heterocycles. The lowest BCUT2D eigenvalue weighted by Crippen LogP contribution is -2.35. The normalized spacial score (nSPS) is 10.5. The standard InChI is InChI=1S/C14H20N2O3/c1-3-16(8-9-17)10-14(19)15-13-7-5-4-6-12(13)11(2)18/h4-7,17H,3,8-10H2,1-2H3,(H,15,19). The van der Waals surface area contributed by atoms with Crippen LogP contribution >= 0.6 is 0 Å².